The molecule has 2 atom stereocenters. The van der Waals surface area contributed by atoms with Crippen molar-refractivity contribution in [3.05, 3.63) is 94.3 Å². The van der Waals surface area contributed by atoms with Crippen LogP contribution in [0.1, 0.15) is 53.5 Å². The zero-order valence-electron chi connectivity index (χ0n) is 19.8. The molecule has 1 heterocycles. The molecule has 0 saturated carbocycles. The molecule has 0 fully saturated rings. The van der Waals surface area contributed by atoms with Gasteiger partial charge in [-0.2, -0.15) is 5.10 Å². The molecule has 6 nitrogen and oxygen atoms in total. The van der Waals surface area contributed by atoms with E-state index in [1.165, 1.54) is 11.6 Å². The summed E-state index contributed by atoms with van der Waals surface area (Å²) >= 11 is 0. The third kappa shape index (κ3) is 6.42. The molecule has 0 saturated heterocycles. The molecule has 0 aliphatic rings. The number of carbonyl (C=O) groups excluding carboxylic acids is 2. The van der Waals surface area contributed by atoms with Crippen LogP contribution in [0.5, 0.6) is 0 Å². The maximum atomic E-state index is 12.4. The number of esters is 1. The number of benzene rings is 2. The Morgan fingerprint density at radius 2 is 1.70 bits per heavy atom. The number of aromatic nitrogens is 2. The minimum absolute atomic E-state index is 0.180. The SMILES string of the molecule is Cc1ccc(Cn2nc(C)c(/C=C/C(=O)O[C@@H](C)C(=O)N[C@@H](C)c3ccccc3)c2C)cc1. The van der Waals surface area contributed by atoms with E-state index in [0.717, 1.165) is 28.1 Å². The molecule has 0 aliphatic carbocycles. The van der Waals surface area contributed by atoms with Gasteiger partial charge < -0.3 is 10.1 Å². The fraction of sp³-hybridized carbons (Fsp3) is 0.296. The van der Waals surface area contributed by atoms with Crippen LogP contribution in [-0.2, 0) is 20.9 Å². The van der Waals surface area contributed by atoms with E-state index in [1.54, 1.807) is 13.0 Å². The van der Waals surface area contributed by atoms with Crippen molar-refractivity contribution in [2.75, 3.05) is 0 Å². The molecule has 3 aromatic rings. The summed E-state index contributed by atoms with van der Waals surface area (Å²) in [6.45, 7) is 10.0. The summed E-state index contributed by atoms with van der Waals surface area (Å²) in [7, 11) is 0. The van der Waals surface area contributed by atoms with Crippen molar-refractivity contribution < 1.29 is 14.3 Å². The lowest BCUT2D eigenvalue weighted by molar-refractivity contribution is -0.150. The van der Waals surface area contributed by atoms with E-state index in [9.17, 15) is 9.59 Å². The van der Waals surface area contributed by atoms with E-state index in [4.69, 9.17) is 4.74 Å². The maximum Gasteiger partial charge on any atom is 0.331 e. The smallest absolute Gasteiger partial charge is 0.331 e. The molecule has 33 heavy (non-hydrogen) atoms. The van der Waals surface area contributed by atoms with Gasteiger partial charge in [-0.1, -0.05) is 60.2 Å². The van der Waals surface area contributed by atoms with E-state index in [2.05, 4.69) is 41.6 Å². The molecular formula is C27H31N3O3. The quantitative estimate of drug-likeness (QED) is 0.404. The number of nitrogens with zero attached hydrogens (tertiary/aromatic N) is 2. The van der Waals surface area contributed by atoms with Gasteiger partial charge in [0.1, 0.15) is 0 Å². The fourth-order valence-corrected chi connectivity index (χ4v) is 3.55. The highest BCUT2D eigenvalue weighted by molar-refractivity contribution is 5.90. The first kappa shape index (κ1) is 24.0. The molecule has 1 amide bonds. The summed E-state index contributed by atoms with van der Waals surface area (Å²) in [4.78, 5) is 24.7. The monoisotopic (exact) mass is 445 g/mol. The summed E-state index contributed by atoms with van der Waals surface area (Å²) in [6, 6.07) is 17.8. The molecule has 6 heteroatoms. The highest BCUT2D eigenvalue weighted by Gasteiger charge is 2.19. The lowest BCUT2D eigenvalue weighted by atomic mass is 10.1. The Balaban J connectivity index is 1.59. The lowest BCUT2D eigenvalue weighted by Crippen LogP contribution is -2.37. The second-order valence-electron chi connectivity index (χ2n) is 8.28. The molecule has 2 aromatic carbocycles. The molecule has 0 bridgehead atoms. The summed E-state index contributed by atoms with van der Waals surface area (Å²) in [5.41, 5.74) is 6.01. The lowest BCUT2D eigenvalue weighted by Gasteiger charge is -2.17. The van der Waals surface area contributed by atoms with Crippen molar-refractivity contribution in [1.29, 1.82) is 0 Å². The van der Waals surface area contributed by atoms with Crippen LogP contribution in [0.2, 0.25) is 0 Å². The second kappa shape index (κ2) is 10.8. The molecule has 0 unspecified atom stereocenters. The minimum atomic E-state index is -0.903. The Hall–Kier alpha value is -3.67. The molecule has 172 valence electrons. The number of carbonyl (C=O) groups is 2. The molecule has 1 N–H and O–H groups in total. The highest BCUT2D eigenvalue weighted by atomic mass is 16.5. The number of ether oxygens (including phenoxy) is 1. The first-order valence-corrected chi connectivity index (χ1v) is 11.1. The predicted octanol–water partition coefficient (Wildman–Crippen LogP) is 4.68. The Labute approximate surface area is 195 Å². The standard InChI is InChI=1S/C27H31N3O3/c1-18-11-13-23(14-12-18)17-30-21(4)25(20(3)29-30)15-16-26(31)33-22(5)27(32)28-19(2)24-9-7-6-8-10-24/h6-16,19,22H,17H2,1-5H3,(H,28,32)/b16-15+/t19-,22-/m0/s1. The Morgan fingerprint density at radius 1 is 1.03 bits per heavy atom. The number of hydrogen-bond acceptors (Lipinski definition) is 4. The maximum absolute atomic E-state index is 12.4. The molecule has 3 rings (SSSR count). The first-order valence-electron chi connectivity index (χ1n) is 11.1. The molecule has 1 aromatic heterocycles. The van der Waals surface area contributed by atoms with Crippen LogP contribution in [0.15, 0.2) is 60.7 Å². The van der Waals surface area contributed by atoms with Crippen LogP contribution in [0.3, 0.4) is 0 Å². The predicted molar refractivity (Wildman–Crippen MR) is 130 cm³/mol. The van der Waals surface area contributed by atoms with Crippen LogP contribution in [0.25, 0.3) is 6.08 Å². The first-order chi connectivity index (χ1) is 15.7. The fourth-order valence-electron chi connectivity index (χ4n) is 3.55. The van der Waals surface area contributed by atoms with Gasteiger partial charge in [0.15, 0.2) is 6.10 Å². The van der Waals surface area contributed by atoms with Gasteiger partial charge in [0.2, 0.25) is 0 Å². The third-order valence-corrected chi connectivity index (χ3v) is 5.60. The van der Waals surface area contributed by atoms with Gasteiger partial charge in [0.05, 0.1) is 18.3 Å². The van der Waals surface area contributed by atoms with Crippen LogP contribution >= 0.6 is 0 Å². The van der Waals surface area contributed by atoms with Gasteiger partial charge in [-0.3, -0.25) is 9.48 Å². The number of aryl methyl sites for hydroxylation is 2. The van der Waals surface area contributed by atoms with Crippen molar-refractivity contribution >= 4 is 18.0 Å². The molecule has 0 radical (unpaired) electrons. The van der Waals surface area contributed by atoms with E-state index >= 15 is 0 Å². The Morgan fingerprint density at radius 3 is 2.36 bits per heavy atom. The normalized spacial score (nSPS) is 13.0. The third-order valence-electron chi connectivity index (χ3n) is 5.60. The average Bonchev–Trinajstić information content (AvgIpc) is 3.06. The summed E-state index contributed by atoms with van der Waals surface area (Å²) in [5, 5.41) is 7.48. The Kier molecular flexibility index (Phi) is 7.83. The summed E-state index contributed by atoms with van der Waals surface area (Å²) in [5.74, 6) is -0.915. The average molecular weight is 446 g/mol. The van der Waals surface area contributed by atoms with Crippen LogP contribution in [0, 0.1) is 20.8 Å². The van der Waals surface area contributed by atoms with Crippen molar-refractivity contribution in [1.82, 2.24) is 15.1 Å². The molecule has 0 aliphatic heterocycles. The van der Waals surface area contributed by atoms with Crippen molar-refractivity contribution in [2.45, 2.75) is 53.3 Å². The number of hydrogen-bond donors (Lipinski definition) is 1. The van der Waals surface area contributed by atoms with Crippen LogP contribution < -0.4 is 5.32 Å². The molecular weight excluding hydrogens is 414 g/mol. The summed E-state index contributed by atoms with van der Waals surface area (Å²) < 4.78 is 7.22. The van der Waals surface area contributed by atoms with Crippen LogP contribution in [0.4, 0.5) is 0 Å². The number of amides is 1. The van der Waals surface area contributed by atoms with E-state index in [-0.39, 0.29) is 11.9 Å². The highest BCUT2D eigenvalue weighted by Crippen LogP contribution is 2.17. The van der Waals surface area contributed by atoms with Crippen LogP contribution in [-0.4, -0.2) is 27.8 Å². The van der Waals surface area contributed by atoms with E-state index in [0.29, 0.717) is 6.54 Å². The van der Waals surface area contributed by atoms with Crippen molar-refractivity contribution in [2.24, 2.45) is 0 Å². The zero-order chi connectivity index (χ0) is 24.0. The Bertz CT molecular complexity index is 1130. The van der Waals surface area contributed by atoms with Gasteiger partial charge >= 0.3 is 5.97 Å². The summed E-state index contributed by atoms with van der Waals surface area (Å²) in [6.07, 6.45) is 2.14. The van der Waals surface area contributed by atoms with Crippen molar-refractivity contribution in [3.8, 4) is 0 Å². The van der Waals surface area contributed by atoms with E-state index < -0.39 is 12.1 Å². The van der Waals surface area contributed by atoms with E-state index in [1.807, 2.05) is 55.8 Å². The van der Waals surface area contributed by atoms with Gasteiger partial charge in [-0.25, -0.2) is 4.79 Å². The van der Waals surface area contributed by atoms with Gasteiger partial charge in [-0.15, -0.1) is 0 Å². The topological polar surface area (TPSA) is 73.2 Å². The second-order valence-corrected chi connectivity index (χ2v) is 8.28. The van der Waals surface area contributed by atoms with Gasteiger partial charge in [0, 0.05) is 17.3 Å². The van der Waals surface area contributed by atoms with Gasteiger partial charge in [0.25, 0.3) is 5.91 Å². The van der Waals surface area contributed by atoms with Crippen molar-refractivity contribution in [3.63, 3.8) is 0 Å². The molecule has 0 spiro atoms. The van der Waals surface area contributed by atoms with Gasteiger partial charge in [-0.05, 0) is 51.8 Å². The largest absolute Gasteiger partial charge is 0.449 e. The number of rotatable bonds is 8. The minimum Gasteiger partial charge on any atom is -0.449 e. The number of nitrogens with one attached hydrogen (secondary N) is 1. The zero-order valence-corrected chi connectivity index (χ0v) is 19.8.